The first-order chi connectivity index (χ1) is 21.9. The highest BCUT2D eigenvalue weighted by Gasteiger charge is 2.26. The molecule has 2 N–H and O–H groups in total. The second-order valence-electron chi connectivity index (χ2n) is 12.9. The van der Waals surface area contributed by atoms with Crippen LogP contribution in [0.1, 0.15) is 44.6 Å². The highest BCUT2D eigenvalue weighted by atomic mass is 16.6. The minimum atomic E-state index is -0.494. The number of amides is 2. The summed E-state index contributed by atoms with van der Waals surface area (Å²) in [5.74, 6) is -0.0935. The summed E-state index contributed by atoms with van der Waals surface area (Å²) >= 11 is 0. The third-order valence-electron chi connectivity index (χ3n) is 8.26. The SMILES string of the molecule is CC(=O)Nc1cccc(Cn2nc(C)c(-c3c[nH]c4ncc(-c5ccc(N6CCN(C(=O)OC(C)(C)C)CC6)cc5)cc34)c2C)c1. The van der Waals surface area contributed by atoms with Crippen LogP contribution in [0.5, 0.6) is 0 Å². The summed E-state index contributed by atoms with van der Waals surface area (Å²) in [7, 11) is 0. The van der Waals surface area contributed by atoms with Crippen molar-refractivity contribution in [2.45, 2.75) is 53.7 Å². The van der Waals surface area contributed by atoms with E-state index < -0.39 is 5.60 Å². The fraction of sp³-hybridized carbons (Fsp3) is 0.333. The molecule has 1 saturated heterocycles. The van der Waals surface area contributed by atoms with Crippen molar-refractivity contribution in [3.8, 4) is 22.3 Å². The number of nitrogens with zero attached hydrogens (tertiary/aromatic N) is 5. The van der Waals surface area contributed by atoms with Crippen molar-refractivity contribution in [3.63, 3.8) is 0 Å². The van der Waals surface area contributed by atoms with Gasteiger partial charge in [0.2, 0.25) is 5.91 Å². The van der Waals surface area contributed by atoms with Gasteiger partial charge in [0, 0.05) is 84.6 Å². The molecule has 0 atom stereocenters. The largest absolute Gasteiger partial charge is 0.444 e. The normalized spacial score (nSPS) is 13.7. The van der Waals surface area contributed by atoms with E-state index in [1.54, 1.807) is 4.90 Å². The molecular formula is C36H41N7O3. The minimum absolute atomic E-state index is 0.0935. The zero-order valence-electron chi connectivity index (χ0n) is 27.3. The molecule has 1 fully saturated rings. The first kappa shape index (κ1) is 30.9. The molecule has 2 amide bonds. The Bertz CT molecular complexity index is 1890. The van der Waals surface area contributed by atoms with E-state index in [2.05, 4.69) is 52.5 Å². The molecule has 2 aromatic carbocycles. The molecule has 3 aromatic heterocycles. The van der Waals surface area contributed by atoms with Crippen molar-refractivity contribution in [2.24, 2.45) is 0 Å². The van der Waals surface area contributed by atoms with Crippen LogP contribution in [0.3, 0.4) is 0 Å². The molecule has 1 aliphatic rings. The van der Waals surface area contributed by atoms with Gasteiger partial charge in [-0.3, -0.25) is 9.48 Å². The number of hydrogen-bond acceptors (Lipinski definition) is 6. The standard InChI is InChI=1S/C36H41N7O3/c1-23-33(24(2)43(40-23)22-26-8-7-9-29(18-26)39-25(3)44)32-21-38-34-31(32)19-28(20-37-34)27-10-12-30(13-11-27)41-14-16-42(17-15-41)35(45)46-36(4,5)6/h7-13,18-21H,14-17,22H2,1-6H3,(H,37,38)(H,39,44). The summed E-state index contributed by atoms with van der Waals surface area (Å²) in [6, 6.07) is 18.6. The lowest BCUT2D eigenvalue weighted by molar-refractivity contribution is -0.114. The van der Waals surface area contributed by atoms with Crippen LogP contribution < -0.4 is 10.2 Å². The summed E-state index contributed by atoms with van der Waals surface area (Å²) in [5.41, 5.74) is 9.57. The molecule has 0 spiro atoms. The van der Waals surface area contributed by atoms with Crippen LogP contribution >= 0.6 is 0 Å². The number of aryl methyl sites for hydroxylation is 1. The molecule has 0 saturated carbocycles. The molecule has 0 bridgehead atoms. The van der Waals surface area contributed by atoms with Gasteiger partial charge in [-0.2, -0.15) is 5.10 Å². The molecule has 4 heterocycles. The van der Waals surface area contributed by atoms with Crippen LogP contribution in [0.25, 0.3) is 33.3 Å². The number of nitrogens with one attached hydrogen (secondary N) is 2. The monoisotopic (exact) mass is 619 g/mol. The molecule has 10 heteroatoms. The smallest absolute Gasteiger partial charge is 0.410 e. The van der Waals surface area contributed by atoms with E-state index in [9.17, 15) is 9.59 Å². The van der Waals surface area contributed by atoms with E-state index in [4.69, 9.17) is 14.8 Å². The Balaban J connectivity index is 1.19. The van der Waals surface area contributed by atoms with Crippen molar-refractivity contribution in [2.75, 3.05) is 36.4 Å². The van der Waals surface area contributed by atoms with Gasteiger partial charge >= 0.3 is 6.09 Å². The zero-order valence-corrected chi connectivity index (χ0v) is 27.3. The highest BCUT2D eigenvalue weighted by molar-refractivity contribution is 5.97. The van der Waals surface area contributed by atoms with Gasteiger partial charge in [-0.1, -0.05) is 24.3 Å². The van der Waals surface area contributed by atoms with Gasteiger partial charge in [-0.25, -0.2) is 9.78 Å². The van der Waals surface area contributed by atoms with Gasteiger partial charge in [0.1, 0.15) is 11.2 Å². The van der Waals surface area contributed by atoms with Gasteiger partial charge in [-0.15, -0.1) is 0 Å². The molecular weight excluding hydrogens is 578 g/mol. The Morgan fingerprint density at radius 3 is 2.41 bits per heavy atom. The van der Waals surface area contributed by atoms with Gasteiger partial charge in [0.15, 0.2) is 0 Å². The van der Waals surface area contributed by atoms with E-state index in [-0.39, 0.29) is 12.0 Å². The van der Waals surface area contributed by atoms with E-state index in [0.717, 1.165) is 74.7 Å². The average Bonchev–Trinajstić information content (AvgIpc) is 3.54. The summed E-state index contributed by atoms with van der Waals surface area (Å²) in [6.07, 6.45) is 3.67. The lowest BCUT2D eigenvalue weighted by Gasteiger charge is -2.36. The number of piperazine rings is 1. The predicted octanol–water partition coefficient (Wildman–Crippen LogP) is 6.77. The lowest BCUT2D eigenvalue weighted by Crippen LogP contribution is -2.50. The Kier molecular flexibility index (Phi) is 8.29. The van der Waals surface area contributed by atoms with Gasteiger partial charge in [0.25, 0.3) is 0 Å². The highest BCUT2D eigenvalue weighted by Crippen LogP contribution is 2.35. The van der Waals surface area contributed by atoms with Crippen molar-refractivity contribution in [3.05, 3.63) is 83.9 Å². The van der Waals surface area contributed by atoms with E-state index in [1.165, 1.54) is 6.92 Å². The van der Waals surface area contributed by atoms with Crippen molar-refractivity contribution in [1.29, 1.82) is 0 Å². The molecule has 10 nitrogen and oxygen atoms in total. The number of H-pyrrole nitrogens is 1. The van der Waals surface area contributed by atoms with Gasteiger partial charge < -0.3 is 24.8 Å². The molecule has 0 radical (unpaired) electrons. The zero-order chi connectivity index (χ0) is 32.6. The Morgan fingerprint density at radius 2 is 1.72 bits per heavy atom. The maximum Gasteiger partial charge on any atom is 0.410 e. The number of anilines is 2. The maximum absolute atomic E-state index is 12.5. The van der Waals surface area contributed by atoms with Gasteiger partial charge in [-0.05, 0) is 76.1 Å². The Hall–Kier alpha value is -5.12. The van der Waals surface area contributed by atoms with Crippen LogP contribution in [-0.2, 0) is 16.1 Å². The van der Waals surface area contributed by atoms with Crippen molar-refractivity contribution >= 4 is 34.4 Å². The van der Waals surface area contributed by atoms with Crippen LogP contribution in [0, 0.1) is 13.8 Å². The fourth-order valence-corrected chi connectivity index (χ4v) is 6.07. The number of pyridine rings is 1. The third kappa shape index (κ3) is 6.61. The van der Waals surface area contributed by atoms with Crippen LogP contribution in [-0.4, -0.2) is 68.4 Å². The Labute approximate surface area is 269 Å². The molecule has 46 heavy (non-hydrogen) atoms. The number of benzene rings is 2. The third-order valence-corrected chi connectivity index (χ3v) is 8.26. The number of hydrogen-bond donors (Lipinski definition) is 2. The first-order valence-electron chi connectivity index (χ1n) is 15.7. The van der Waals surface area contributed by atoms with Crippen molar-refractivity contribution in [1.82, 2.24) is 24.6 Å². The quantitative estimate of drug-likeness (QED) is 0.217. The van der Waals surface area contributed by atoms with E-state index in [0.29, 0.717) is 19.6 Å². The number of rotatable bonds is 6. The molecule has 1 aliphatic heterocycles. The number of ether oxygens (including phenoxy) is 1. The van der Waals surface area contributed by atoms with E-state index >= 15 is 0 Å². The summed E-state index contributed by atoms with van der Waals surface area (Å²) in [6.45, 7) is 14.7. The van der Waals surface area contributed by atoms with E-state index in [1.807, 2.05) is 69.0 Å². The summed E-state index contributed by atoms with van der Waals surface area (Å²) in [5, 5.41) is 8.78. The lowest BCUT2D eigenvalue weighted by atomic mass is 10.0. The predicted molar refractivity (Wildman–Crippen MR) is 182 cm³/mol. The summed E-state index contributed by atoms with van der Waals surface area (Å²) < 4.78 is 7.55. The van der Waals surface area contributed by atoms with Gasteiger partial charge in [0.05, 0.1) is 12.2 Å². The maximum atomic E-state index is 12.5. The molecule has 0 unspecified atom stereocenters. The second kappa shape index (κ2) is 12.3. The fourth-order valence-electron chi connectivity index (χ4n) is 6.07. The Morgan fingerprint density at radius 1 is 0.978 bits per heavy atom. The molecule has 0 aliphatic carbocycles. The molecule has 238 valence electrons. The van der Waals surface area contributed by atoms with Crippen LogP contribution in [0.2, 0.25) is 0 Å². The topological polar surface area (TPSA) is 108 Å². The number of fused-ring (bicyclic) bond motifs is 1. The average molecular weight is 620 g/mol. The number of carbonyl (C=O) groups excluding carboxylic acids is 2. The second-order valence-corrected chi connectivity index (χ2v) is 12.9. The number of aromatic amines is 1. The summed E-state index contributed by atoms with van der Waals surface area (Å²) in [4.78, 5) is 36.2. The molecule has 6 rings (SSSR count). The van der Waals surface area contributed by atoms with Crippen LogP contribution in [0.15, 0.2) is 67.0 Å². The minimum Gasteiger partial charge on any atom is -0.444 e. The number of aromatic nitrogens is 4. The molecule has 5 aromatic rings. The van der Waals surface area contributed by atoms with Crippen molar-refractivity contribution < 1.29 is 14.3 Å². The van der Waals surface area contributed by atoms with Crippen LogP contribution in [0.4, 0.5) is 16.2 Å². The first-order valence-corrected chi connectivity index (χ1v) is 15.7. The number of carbonyl (C=O) groups is 2.